The highest BCUT2D eigenvalue weighted by Crippen LogP contribution is 2.32. The van der Waals surface area contributed by atoms with Gasteiger partial charge in [0.15, 0.2) is 0 Å². The number of aromatic nitrogens is 2. The number of nitrogens with zero attached hydrogens (tertiary/aromatic N) is 3. The van der Waals surface area contributed by atoms with Crippen LogP contribution in [-0.4, -0.2) is 34.4 Å². The molecule has 5 nitrogen and oxygen atoms in total. The maximum absolute atomic E-state index is 14.5. The van der Waals surface area contributed by atoms with E-state index in [9.17, 15) is 13.6 Å². The van der Waals surface area contributed by atoms with Gasteiger partial charge in [-0.1, -0.05) is 45.4 Å². The van der Waals surface area contributed by atoms with E-state index in [0.29, 0.717) is 22.5 Å². The smallest absolute Gasteiger partial charge is 0.250 e. The number of benzene rings is 1. The maximum atomic E-state index is 14.5. The zero-order valence-corrected chi connectivity index (χ0v) is 27.6. The molecule has 0 fully saturated rings. The Bertz CT molecular complexity index is 1580. The molecule has 1 amide bonds. The molecule has 236 valence electrons. The molecule has 2 atom stereocenters. The number of amides is 1. The van der Waals surface area contributed by atoms with Gasteiger partial charge in [0.1, 0.15) is 11.6 Å². The first-order chi connectivity index (χ1) is 21.1. The van der Waals surface area contributed by atoms with Gasteiger partial charge >= 0.3 is 0 Å². The molecule has 0 aliphatic carbocycles. The van der Waals surface area contributed by atoms with Gasteiger partial charge in [0.05, 0.1) is 12.2 Å². The van der Waals surface area contributed by atoms with E-state index in [1.165, 1.54) is 6.07 Å². The molecule has 0 spiro atoms. The van der Waals surface area contributed by atoms with E-state index in [2.05, 4.69) is 32.2 Å². The molecule has 44 heavy (non-hydrogen) atoms. The van der Waals surface area contributed by atoms with Crippen LogP contribution in [0.4, 0.5) is 8.78 Å². The SMILES string of the molecule is C\C=C(CCC)/N=C(C)/C(C)=C\C(=C/C)C(=O)NCC(CCF)c1cc(C(C)CC)c(C)c(-n2ccc3c(F)cccc32)n1. The van der Waals surface area contributed by atoms with Crippen molar-refractivity contribution in [2.75, 3.05) is 13.2 Å². The quantitative estimate of drug-likeness (QED) is 0.113. The summed E-state index contributed by atoms with van der Waals surface area (Å²) >= 11 is 0. The molecule has 0 radical (unpaired) electrons. The van der Waals surface area contributed by atoms with Crippen LogP contribution < -0.4 is 5.32 Å². The van der Waals surface area contributed by atoms with E-state index in [1.807, 2.05) is 63.6 Å². The van der Waals surface area contributed by atoms with Crippen molar-refractivity contribution in [3.63, 3.8) is 0 Å². The first-order valence-electron chi connectivity index (χ1n) is 15.8. The highest BCUT2D eigenvalue weighted by atomic mass is 19.1. The first kappa shape index (κ1) is 34.6. The number of rotatable bonds is 14. The fourth-order valence-corrected chi connectivity index (χ4v) is 5.37. The van der Waals surface area contributed by atoms with Crippen molar-refractivity contribution < 1.29 is 13.6 Å². The minimum atomic E-state index is -0.544. The Morgan fingerprint density at radius 1 is 1.16 bits per heavy atom. The molecular formula is C37H48F2N4O. The number of aliphatic imine (C=N–C) groups is 1. The summed E-state index contributed by atoms with van der Waals surface area (Å²) in [6.07, 6.45) is 10.5. The number of halogens is 2. The molecule has 0 aliphatic heterocycles. The number of nitrogens with one attached hydrogen (secondary N) is 1. The monoisotopic (exact) mass is 602 g/mol. The summed E-state index contributed by atoms with van der Waals surface area (Å²) in [5.41, 5.74) is 6.86. The fourth-order valence-electron chi connectivity index (χ4n) is 5.37. The number of hydrogen-bond acceptors (Lipinski definition) is 3. The van der Waals surface area contributed by atoms with Gasteiger partial charge < -0.3 is 9.88 Å². The van der Waals surface area contributed by atoms with Gasteiger partial charge in [0.25, 0.3) is 5.91 Å². The van der Waals surface area contributed by atoms with Crippen LogP contribution >= 0.6 is 0 Å². The van der Waals surface area contributed by atoms with Crippen molar-refractivity contribution in [2.24, 2.45) is 4.99 Å². The minimum Gasteiger partial charge on any atom is -0.351 e. The van der Waals surface area contributed by atoms with Gasteiger partial charge in [0, 0.05) is 46.7 Å². The molecule has 2 unspecified atom stereocenters. The van der Waals surface area contributed by atoms with Crippen LogP contribution in [0.5, 0.6) is 0 Å². The molecule has 0 saturated carbocycles. The second-order valence-electron chi connectivity index (χ2n) is 11.4. The van der Waals surface area contributed by atoms with Gasteiger partial charge in [-0.15, -0.1) is 0 Å². The third kappa shape index (κ3) is 8.19. The lowest BCUT2D eigenvalue weighted by Crippen LogP contribution is -2.30. The lowest BCUT2D eigenvalue weighted by atomic mass is 9.91. The van der Waals surface area contributed by atoms with Crippen LogP contribution in [0.1, 0.15) is 103 Å². The first-order valence-corrected chi connectivity index (χ1v) is 15.8. The van der Waals surface area contributed by atoms with E-state index >= 15 is 0 Å². The largest absolute Gasteiger partial charge is 0.351 e. The van der Waals surface area contributed by atoms with Crippen molar-refractivity contribution >= 4 is 22.5 Å². The van der Waals surface area contributed by atoms with Crippen LogP contribution in [0.3, 0.4) is 0 Å². The number of alkyl halides is 1. The Labute approximate surface area is 261 Å². The highest BCUT2D eigenvalue weighted by molar-refractivity contribution is 6.02. The van der Waals surface area contributed by atoms with E-state index in [1.54, 1.807) is 18.2 Å². The van der Waals surface area contributed by atoms with Crippen LogP contribution in [-0.2, 0) is 4.79 Å². The summed E-state index contributed by atoms with van der Waals surface area (Å²) in [7, 11) is 0. The summed E-state index contributed by atoms with van der Waals surface area (Å²) in [4.78, 5) is 23.1. The number of fused-ring (bicyclic) bond motifs is 1. The molecule has 0 saturated heterocycles. The van der Waals surface area contributed by atoms with Crippen molar-refractivity contribution in [3.05, 3.63) is 94.2 Å². The second-order valence-corrected chi connectivity index (χ2v) is 11.4. The molecule has 1 aromatic carbocycles. The lowest BCUT2D eigenvalue weighted by molar-refractivity contribution is -0.117. The van der Waals surface area contributed by atoms with Gasteiger partial charge in [-0.25, -0.2) is 9.37 Å². The molecule has 3 aromatic rings. The molecule has 0 aliphatic rings. The highest BCUT2D eigenvalue weighted by Gasteiger charge is 2.22. The zero-order chi connectivity index (χ0) is 32.4. The summed E-state index contributed by atoms with van der Waals surface area (Å²) < 4.78 is 30.4. The molecule has 0 bridgehead atoms. The number of pyridine rings is 1. The summed E-state index contributed by atoms with van der Waals surface area (Å²) in [6.45, 7) is 15.8. The molecule has 2 aromatic heterocycles. The summed E-state index contributed by atoms with van der Waals surface area (Å²) in [6, 6.07) is 8.82. The number of carbonyl (C=O) groups is 1. The third-order valence-corrected chi connectivity index (χ3v) is 8.41. The minimum absolute atomic E-state index is 0.214. The summed E-state index contributed by atoms with van der Waals surface area (Å²) in [5, 5.41) is 3.56. The Morgan fingerprint density at radius 2 is 1.91 bits per heavy atom. The molecule has 2 heterocycles. The number of carbonyl (C=O) groups excluding carboxylic acids is 1. The van der Waals surface area contributed by atoms with Crippen molar-refractivity contribution in [1.82, 2.24) is 14.9 Å². The predicted octanol–water partition coefficient (Wildman–Crippen LogP) is 9.60. The standard InChI is InChI=1S/C37H48F2N4O/c1-9-14-30(12-4)41-27(8)25(6)21-28(11-3)37(44)40-23-29(17-19-38)34-22-32(24(5)10-2)26(7)36(42-34)43-20-18-31-33(39)15-13-16-35(31)43/h11-13,15-16,18,20-22,24,29H,9-10,14,17,19,23H2,1-8H3,(H,40,44)/b25-21-,28-11+,30-12-,41-27+. The van der Waals surface area contributed by atoms with Crippen molar-refractivity contribution in [3.8, 4) is 5.82 Å². The number of hydrogen-bond donors (Lipinski definition) is 1. The predicted molar refractivity (Wildman–Crippen MR) is 180 cm³/mol. The molecule has 1 N–H and O–H groups in total. The van der Waals surface area contributed by atoms with E-state index in [-0.39, 0.29) is 36.5 Å². The van der Waals surface area contributed by atoms with Gasteiger partial charge in [-0.3, -0.25) is 14.2 Å². The van der Waals surface area contributed by atoms with E-state index in [4.69, 9.17) is 9.98 Å². The molecule has 7 heteroatoms. The van der Waals surface area contributed by atoms with Gasteiger partial charge in [-0.2, -0.15) is 0 Å². The molecule has 3 rings (SSSR count). The van der Waals surface area contributed by atoms with Crippen molar-refractivity contribution in [2.45, 2.75) is 92.9 Å². The van der Waals surface area contributed by atoms with Gasteiger partial charge in [0.2, 0.25) is 0 Å². The zero-order valence-electron chi connectivity index (χ0n) is 27.6. The topological polar surface area (TPSA) is 59.3 Å². The normalized spacial score (nSPS) is 14.7. The average Bonchev–Trinajstić information content (AvgIpc) is 3.46. The summed E-state index contributed by atoms with van der Waals surface area (Å²) in [5.74, 6) is 0.0680. The Morgan fingerprint density at radius 3 is 2.55 bits per heavy atom. The van der Waals surface area contributed by atoms with Crippen LogP contribution in [0, 0.1) is 12.7 Å². The Hall–Kier alpha value is -3.87. The maximum Gasteiger partial charge on any atom is 0.250 e. The Kier molecular flexibility index (Phi) is 12.8. The van der Waals surface area contributed by atoms with Crippen molar-refractivity contribution in [1.29, 1.82) is 0 Å². The third-order valence-electron chi connectivity index (χ3n) is 8.41. The van der Waals surface area contributed by atoms with E-state index in [0.717, 1.165) is 52.9 Å². The van der Waals surface area contributed by atoms with Crippen LogP contribution in [0.15, 0.2) is 76.6 Å². The second kappa shape index (κ2) is 16.3. The van der Waals surface area contributed by atoms with Crippen LogP contribution in [0.25, 0.3) is 16.7 Å². The van der Waals surface area contributed by atoms with E-state index < -0.39 is 6.67 Å². The fraction of sp³-hybridized carbons (Fsp3) is 0.432. The lowest BCUT2D eigenvalue weighted by Gasteiger charge is -2.23. The Balaban J connectivity index is 1.95. The van der Waals surface area contributed by atoms with Gasteiger partial charge in [-0.05, 0) is 107 Å². The molecular weight excluding hydrogens is 554 g/mol. The average molecular weight is 603 g/mol. The van der Waals surface area contributed by atoms with Crippen LogP contribution in [0.2, 0.25) is 0 Å². The number of allylic oxidation sites excluding steroid dienone is 4.